The predicted molar refractivity (Wildman–Crippen MR) is 119 cm³/mol. The average molecular weight is 399 g/mol. The maximum atomic E-state index is 12.4. The third kappa shape index (κ3) is 5.29. The van der Waals surface area contributed by atoms with Crippen LogP contribution in [0.25, 0.3) is 10.2 Å². The van der Waals surface area contributed by atoms with E-state index >= 15 is 0 Å². The van der Waals surface area contributed by atoms with Gasteiger partial charge in [-0.15, -0.1) is 11.3 Å². The number of hydrogen-bond acceptors (Lipinski definition) is 7. The van der Waals surface area contributed by atoms with Crippen LogP contribution in [0.5, 0.6) is 0 Å². The van der Waals surface area contributed by atoms with Gasteiger partial charge in [0.2, 0.25) is 0 Å². The van der Waals surface area contributed by atoms with E-state index < -0.39 is 0 Å². The lowest BCUT2D eigenvalue weighted by Crippen LogP contribution is -2.21. The summed E-state index contributed by atoms with van der Waals surface area (Å²) in [4.78, 5) is 24.7. The maximum absolute atomic E-state index is 12.4. The molecule has 1 aliphatic heterocycles. The fourth-order valence-electron chi connectivity index (χ4n) is 2.60. The fourth-order valence-corrected chi connectivity index (χ4v) is 3.65. The van der Waals surface area contributed by atoms with E-state index in [0.717, 1.165) is 34.6 Å². The molecular weight excluding hydrogens is 372 g/mol. The second kappa shape index (κ2) is 10.4. The summed E-state index contributed by atoms with van der Waals surface area (Å²) in [6, 6.07) is 1.92. The number of carbonyl (C=O) groups excluding carboxylic acids is 1. The number of fused-ring (bicyclic) bond motifs is 3. The van der Waals surface area contributed by atoms with Crippen LogP contribution in [0.15, 0.2) is 54.0 Å². The van der Waals surface area contributed by atoms with Crippen LogP contribution in [0.4, 0.5) is 11.4 Å². The molecule has 0 fully saturated rings. The highest BCUT2D eigenvalue weighted by atomic mass is 32.1. The van der Waals surface area contributed by atoms with Gasteiger partial charge in [-0.3, -0.25) is 4.79 Å². The molecule has 2 aromatic rings. The molecule has 0 bridgehead atoms. The standard InChI is InChI=1S/C15H16N4OS.C6H10O/c1-3-7-19-8-11(20)14-13(18-9-19)12-10(16-4-2)5-6-17-15(12)21-14;1-3-4-5-6(2)7/h3,5-7,9H,4,8H2,1-2H3,(H,16,17);4-5,7H,2-3H2,1H3/b7-3+;5-4-. The Balaban J connectivity index is 0.000000345. The number of aromatic nitrogens is 1. The predicted octanol–water partition coefficient (Wildman–Crippen LogP) is 5.44. The zero-order valence-electron chi connectivity index (χ0n) is 16.5. The van der Waals surface area contributed by atoms with Crippen molar-refractivity contribution in [1.29, 1.82) is 0 Å². The largest absolute Gasteiger partial charge is 0.509 e. The number of allylic oxidation sites excluding steroid dienone is 3. The zero-order valence-corrected chi connectivity index (χ0v) is 17.3. The first-order chi connectivity index (χ1) is 13.5. The van der Waals surface area contributed by atoms with Gasteiger partial charge in [0.25, 0.3) is 0 Å². The minimum Gasteiger partial charge on any atom is -0.509 e. The normalized spacial score (nSPS) is 13.5. The van der Waals surface area contributed by atoms with E-state index in [4.69, 9.17) is 5.11 Å². The summed E-state index contributed by atoms with van der Waals surface area (Å²) in [6.07, 6.45) is 11.6. The molecule has 1 aliphatic rings. The highest BCUT2D eigenvalue weighted by molar-refractivity contribution is 7.21. The van der Waals surface area contributed by atoms with Crippen LogP contribution in [0.1, 0.15) is 36.9 Å². The molecule has 2 aromatic heterocycles. The molecule has 7 heteroatoms. The van der Waals surface area contributed by atoms with E-state index in [1.165, 1.54) is 11.3 Å². The van der Waals surface area contributed by atoms with Crippen molar-refractivity contribution in [3.63, 3.8) is 0 Å². The Hall–Kier alpha value is -2.93. The number of aliphatic hydroxyl groups is 1. The molecule has 0 atom stereocenters. The highest BCUT2D eigenvalue weighted by Crippen LogP contribution is 2.41. The Kier molecular flexibility index (Phi) is 7.95. The van der Waals surface area contributed by atoms with Gasteiger partial charge >= 0.3 is 0 Å². The molecule has 0 amide bonds. The van der Waals surface area contributed by atoms with Crippen LogP contribution in [-0.2, 0) is 0 Å². The quantitative estimate of drug-likeness (QED) is 0.518. The Morgan fingerprint density at radius 3 is 2.86 bits per heavy atom. The van der Waals surface area contributed by atoms with Crippen molar-refractivity contribution in [3.8, 4) is 0 Å². The van der Waals surface area contributed by atoms with Crippen LogP contribution >= 0.6 is 11.3 Å². The van der Waals surface area contributed by atoms with Crippen LogP contribution in [0.2, 0.25) is 0 Å². The van der Waals surface area contributed by atoms with E-state index in [0.29, 0.717) is 11.4 Å². The Labute approximate surface area is 169 Å². The SMILES string of the molecule is C/C=C/N1C=Nc2c(sc3nccc(NCC)c23)C(=O)C1.C=C(O)/C=C\CC. The van der Waals surface area contributed by atoms with Gasteiger partial charge in [-0.2, -0.15) is 0 Å². The summed E-state index contributed by atoms with van der Waals surface area (Å²) < 4.78 is 0. The van der Waals surface area contributed by atoms with Crippen molar-refractivity contribution in [2.75, 3.05) is 18.4 Å². The number of ketones is 1. The third-order valence-corrected chi connectivity index (χ3v) is 4.86. The summed E-state index contributed by atoms with van der Waals surface area (Å²) in [5, 5.41) is 12.7. The van der Waals surface area contributed by atoms with E-state index in [2.05, 4.69) is 21.9 Å². The van der Waals surface area contributed by atoms with Gasteiger partial charge in [-0.1, -0.05) is 25.7 Å². The lowest BCUT2D eigenvalue weighted by Gasteiger charge is -2.09. The fraction of sp³-hybridized carbons (Fsp3) is 0.286. The zero-order chi connectivity index (χ0) is 20.5. The highest BCUT2D eigenvalue weighted by Gasteiger charge is 2.23. The van der Waals surface area contributed by atoms with Crippen molar-refractivity contribution < 1.29 is 9.90 Å². The first-order valence-electron chi connectivity index (χ1n) is 9.17. The van der Waals surface area contributed by atoms with Crippen molar-refractivity contribution in [2.45, 2.75) is 27.2 Å². The first kappa shape index (κ1) is 21.4. The van der Waals surface area contributed by atoms with Crippen LogP contribution in [-0.4, -0.2) is 40.2 Å². The second-order valence-corrected chi connectivity index (χ2v) is 6.97. The number of nitrogens with zero attached hydrogens (tertiary/aromatic N) is 3. The van der Waals surface area contributed by atoms with Crippen molar-refractivity contribution in [1.82, 2.24) is 9.88 Å². The molecule has 6 nitrogen and oxygen atoms in total. The molecular formula is C21H26N4O2S. The Morgan fingerprint density at radius 1 is 1.46 bits per heavy atom. The number of anilines is 1. The van der Waals surface area contributed by atoms with Crippen LogP contribution in [0, 0.1) is 0 Å². The van der Waals surface area contributed by atoms with Gasteiger partial charge < -0.3 is 15.3 Å². The molecule has 0 aromatic carbocycles. The lowest BCUT2D eigenvalue weighted by atomic mass is 10.2. The van der Waals surface area contributed by atoms with Crippen LogP contribution < -0.4 is 5.32 Å². The van der Waals surface area contributed by atoms with Gasteiger partial charge in [0, 0.05) is 24.6 Å². The van der Waals surface area contributed by atoms with Gasteiger partial charge in [0.05, 0.1) is 24.0 Å². The topological polar surface area (TPSA) is 77.8 Å². The number of carbonyl (C=O) groups is 1. The summed E-state index contributed by atoms with van der Waals surface area (Å²) in [5.41, 5.74) is 1.71. The summed E-state index contributed by atoms with van der Waals surface area (Å²) in [5.74, 6) is 0.202. The molecule has 3 rings (SSSR count). The second-order valence-electron chi connectivity index (χ2n) is 5.97. The monoisotopic (exact) mass is 398 g/mol. The van der Waals surface area contributed by atoms with E-state index in [9.17, 15) is 4.79 Å². The number of nitrogens with one attached hydrogen (secondary N) is 1. The van der Waals surface area contributed by atoms with Crippen molar-refractivity contribution >= 4 is 45.0 Å². The molecule has 28 heavy (non-hydrogen) atoms. The van der Waals surface area contributed by atoms with Gasteiger partial charge in [-0.05, 0) is 32.4 Å². The van der Waals surface area contributed by atoms with Gasteiger partial charge in [-0.25, -0.2) is 9.98 Å². The maximum Gasteiger partial charge on any atom is 0.194 e. The minimum absolute atomic E-state index is 0.0750. The third-order valence-electron chi connectivity index (χ3n) is 3.74. The molecule has 3 heterocycles. The number of rotatable bonds is 5. The Morgan fingerprint density at radius 2 is 2.25 bits per heavy atom. The molecule has 0 aliphatic carbocycles. The number of Topliss-reactive ketones (excluding diaryl/α,β-unsaturated/α-hetero) is 1. The van der Waals surface area contributed by atoms with E-state index in [-0.39, 0.29) is 11.5 Å². The summed E-state index contributed by atoms with van der Waals surface area (Å²) >= 11 is 1.42. The van der Waals surface area contributed by atoms with Crippen molar-refractivity contribution in [2.24, 2.45) is 4.99 Å². The van der Waals surface area contributed by atoms with E-state index in [1.807, 2.05) is 45.2 Å². The number of aliphatic hydroxyl groups excluding tert-OH is 1. The van der Waals surface area contributed by atoms with Crippen LogP contribution in [0.3, 0.4) is 0 Å². The molecule has 0 spiro atoms. The summed E-state index contributed by atoms with van der Waals surface area (Å²) in [7, 11) is 0. The molecule has 0 saturated heterocycles. The molecule has 0 saturated carbocycles. The molecule has 2 N–H and O–H groups in total. The number of hydrogen-bond donors (Lipinski definition) is 2. The molecule has 0 unspecified atom stereocenters. The first-order valence-corrected chi connectivity index (χ1v) is 9.99. The van der Waals surface area contributed by atoms with Crippen molar-refractivity contribution in [3.05, 3.63) is 53.9 Å². The number of pyridine rings is 1. The van der Waals surface area contributed by atoms with Gasteiger partial charge in [0.1, 0.15) is 15.5 Å². The lowest BCUT2D eigenvalue weighted by molar-refractivity contribution is 0.0982. The van der Waals surface area contributed by atoms with E-state index in [1.54, 1.807) is 23.5 Å². The summed E-state index contributed by atoms with van der Waals surface area (Å²) in [6.45, 7) is 10.3. The average Bonchev–Trinajstić information content (AvgIpc) is 2.98. The smallest absolute Gasteiger partial charge is 0.194 e. The molecule has 0 radical (unpaired) electrons. The number of aliphatic imine (C=N–C) groups is 1. The van der Waals surface area contributed by atoms with Gasteiger partial charge in [0.15, 0.2) is 5.78 Å². The number of thiophene rings is 1. The Bertz CT molecular complexity index is 928. The minimum atomic E-state index is 0.0750. The molecule has 148 valence electrons.